The number of carbonyl (C=O) groups excluding carboxylic acids is 1. The number of hydrogen-bond donors (Lipinski definition) is 1. The van der Waals surface area contributed by atoms with Crippen LogP contribution in [0.15, 0.2) is 12.3 Å². The van der Waals surface area contributed by atoms with Gasteiger partial charge in [0.05, 0.1) is 0 Å². The number of carboxylic acids is 1. The third kappa shape index (κ3) is 24.6. The van der Waals surface area contributed by atoms with Crippen molar-refractivity contribution in [2.24, 2.45) is 0 Å². The number of rotatable bonds is 3. The van der Waals surface area contributed by atoms with Gasteiger partial charge in [0.2, 0.25) is 0 Å². The van der Waals surface area contributed by atoms with E-state index in [1.54, 1.807) is 19.0 Å². The lowest BCUT2D eigenvalue weighted by atomic mass is 10.6. The van der Waals surface area contributed by atoms with Crippen molar-refractivity contribution in [3.8, 4) is 0 Å². The van der Waals surface area contributed by atoms with Gasteiger partial charge >= 0.3 is 5.97 Å². The smallest absolute Gasteiger partial charge is 0.329 e. The van der Waals surface area contributed by atoms with Gasteiger partial charge in [0.25, 0.3) is 0 Å². The Morgan fingerprint density at radius 2 is 1.85 bits per heavy atom. The fourth-order valence-corrected chi connectivity index (χ4v) is 0.213. The molecule has 4 nitrogen and oxygen atoms in total. The average Bonchev–Trinajstić information content (AvgIpc) is 2.02. The summed E-state index contributed by atoms with van der Waals surface area (Å²) in [4.78, 5) is 19.8. The summed E-state index contributed by atoms with van der Waals surface area (Å²) in [6, 6.07) is 0. The van der Waals surface area contributed by atoms with E-state index in [-0.39, 0.29) is 0 Å². The Bertz CT molecular complexity index is 181. The van der Waals surface area contributed by atoms with E-state index in [1.165, 1.54) is 6.20 Å². The normalized spacial score (nSPS) is 9.31. The molecule has 0 aliphatic carbocycles. The van der Waals surface area contributed by atoms with Crippen molar-refractivity contribution in [3.63, 3.8) is 0 Å². The average molecular weight is 228 g/mol. The number of aldehydes is 1. The van der Waals surface area contributed by atoms with E-state index in [1.807, 2.05) is 0 Å². The van der Waals surface area contributed by atoms with Gasteiger partial charge in [-0.1, -0.05) is 23.2 Å². The lowest BCUT2D eigenvalue weighted by Gasteiger charge is -2.00. The van der Waals surface area contributed by atoms with Crippen LogP contribution in [0.3, 0.4) is 0 Å². The summed E-state index contributed by atoms with van der Waals surface area (Å²) < 4.78 is 0. The molecule has 0 saturated heterocycles. The van der Waals surface area contributed by atoms with Crippen LogP contribution in [0.2, 0.25) is 0 Å². The Hall–Kier alpha value is -0.740. The van der Waals surface area contributed by atoms with Crippen molar-refractivity contribution in [1.29, 1.82) is 0 Å². The van der Waals surface area contributed by atoms with Crippen molar-refractivity contribution >= 4 is 35.5 Å². The molecule has 0 aliphatic heterocycles. The molecule has 0 spiro atoms. The molecule has 0 saturated carbocycles. The van der Waals surface area contributed by atoms with Crippen LogP contribution in [0.4, 0.5) is 0 Å². The maximum Gasteiger partial charge on any atom is 0.329 e. The van der Waals surface area contributed by atoms with Crippen molar-refractivity contribution in [1.82, 2.24) is 4.90 Å². The first-order chi connectivity index (χ1) is 5.90. The molecule has 76 valence electrons. The molecule has 0 aliphatic rings. The first-order valence-electron chi connectivity index (χ1n) is 3.21. The fourth-order valence-electron chi connectivity index (χ4n) is 0.213. The number of carboxylic acid groups (broad SMARTS) is 1. The van der Waals surface area contributed by atoms with Crippen LogP contribution in [-0.2, 0) is 9.59 Å². The van der Waals surface area contributed by atoms with Gasteiger partial charge in [0.1, 0.15) is 0 Å². The van der Waals surface area contributed by atoms with E-state index in [0.29, 0.717) is 6.29 Å². The molecule has 6 heteroatoms. The van der Waals surface area contributed by atoms with E-state index >= 15 is 0 Å². The molecule has 0 heterocycles. The highest BCUT2D eigenvalue weighted by molar-refractivity contribution is 6.51. The predicted octanol–water partition coefficient (Wildman–Crippen LogP) is 1.14. The maximum absolute atomic E-state index is 9.79. The molecule has 0 bridgehead atoms. The summed E-state index contributed by atoms with van der Waals surface area (Å²) in [5, 5.41) is 8.05. The summed E-state index contributed by atoms with van der Waals surface area (Å²) >= 11 is 9.72. The van der Waals surface area contributed by atoms with Gasteiger partial charge in [-0.05, 0) is 0 Å². The van der Waals surface area contributed by atoms with Gasteiger partial charge in [-0.2, -0.15) is 0 Å². The highest BCUT2D eigenvalue weighted by atomic mass is 35.5. The summed E-state index contributed by atoms with van der Waals surface area (Å²) in [5.74, 6) is -0.918. The highest BCUT2D eigenvalue weighted by Gasteiger charge is 1.86. The summed E-state index contributed by atoms with van der Waals surface area (Å²) in [5.41, 5.74) is 0. The second kappa shape index (κ2) is 9.35. The summed E-state index contributed by atoms with van der Waals surface area (Å²) in [6.45, 7) is 0. The van der Waals surface area contributed by atoms with E-state index < -0.39 is 10.8 Å². The second-order valence-corrected chi connectivity index (χ2v) is 3.25. The molecule has 13 heavy (non-hydrogen) atoms. The molecule has 1 N–H and O–H groups in total. The van der Waals surface area contributed by atoms with Crippen molar-refractivity contribution in [3.05, 3.63) is 12.3 Å². The molecule has 0 radical (unpaired) electrons. The standard InChI is InChI=1S/C5H9NO2.C2H2Cl2O/c1-6(2)4-3-5(7)8;3-2(4)1-5/h3-4H,1-2H3,(H,7,8);1-2H. The molecule has 0 amide bonds. The highest BCUT2D eigenvalue weighted by Crippen LogP contribution is 1.93. The summed E-state index contributed by atoms with van der Waals surface area (Å²) in [6.07, 6.45) is 3.01. The monoisotopic (exact) mass is 227 g/mol. The molecule has 0 fully saturated rings. The Morgan fingerprint density at radius 3 is 1.92 bits per heavy atom. The lowest BCUT2D eigenvalue weighted by molar-refractivity contribution is -0.131. The number of halogens is 2. The Labute approximate surface area is 86.7 Å². The van der Waals surface area contributed by atoms with Gasteiger partial charge in [0, 0.05) is 26.4 Å². The van der Waals surface area contributed by atoms with Gasteiger partial charge in [-0.25, -0.2) is 4.79 Å². The second-order valence-electron chi connectivity index (χ2n) is 2.09. The van der Waals surface area contributed by atoms with E-state index in [9.17, 15) is 9.59 Å². The fraction of sp³-hybridized carbons (Fsp3) is 0.429. The van der Waals surface area contributed by atoms with Crippen LogP contribution < -0.4 is 0 Å². The van der Waals surface area contributed by atoms with Gasteiger partial charge in [-0.15, -0.1) is 0 Å². The zero-order valence-corrected chi connectivity index (χ0v) is 8.79. The quantitative estimate of drug-likeness (QED) is 0.447. The minimum atomic E-state index is -0.918. The van der Waals surface area contributed by atoms with Crippen LogP contribution in [0, 0.1) is 0 Å². The number of carbonyl (C=O) groups is 2. The zero-order chi connectivity index (χ0) is 10.9. The zero-order valence-electron chi connectivity index (χ0n) is 7.28. The molecular weight excluding hydrogens is 217 g/mol. The third-order valence-electron chi connectivity index (χ3n) is 0.618. The van der Waals surface area contributed by atoms with Crippen molar-refractivity contribution in [2.75, 3.05) is 14.1 Å². The van der Waals surface area contributed by atoms with Crippen LogP contribution in [0.1, 0.15) is 0 Å². The molecule has 0 rings (SSSR count). The van der Waals surface area contributed by atoms with E-state index in [4.69, 9.17) is 28.3 Å². The topological polar surface area (TPSA) is 57.6 Å². The first kappa shape index (κ1) is 14.8. The molecule has 0 aromatic rings. The number of aliphatic carboxylic acids is 1. The molecule has 0 atom stereocenters. The number of hydrogen-bond acceptors (Lipinski definition) is 3. The molecular formula is C7H11Cl2NO3. The first-order valence-corrected chi connectivity index (χ1v) is 4.08. The van der Waals surface area contributed by atoms with Gasteiger partial charge in [-0.3, -0.25) is 0 Å². The largest absolute Gasteiger partial charge is 0.478 e. The van der Waals surface area contributed by atoms with E-state index in [2.05, 4.69) is 0 Å². The van der Waals surface area contributed by atoms with E-state index in [0.717, 1.165) is 6.08 Å². The Kier molecular flexibility index (Phi) is 10.6. The minimum Gasteiger partial charge on any atom is -0.478 e. The van der Waals surface area contributed by atoms with Gasteiger partial charge in [0.15, 0.2) is 11.1 Å². The number of nitrogens with zero attached hydrogens (tertiary/aromatic N) is 1. The third-order valence-corrected chi connectivity index (χ3v) is 0.824. The number of alkyl halides is 2. The molecule has 0 aromatic carbocycles. The maximum atomic E-state index is 9.79. The van der Waals surface area contributed by atoms with Crippen LogP contribution in [0.5, 0.6) is 0 Å². The van der Waals surface area contributed by atoms with Crippen LogP contribution in [0.25, 0.3) is 0 Å². The summed E-state index contributed by atoms with van der Waals surface area (Å²) in [7, 11) is 3.53. The lowest BCUT2D eigenvalue weighted by Crippen LogP contribution is -2.01. The van der Waals surface area contributed by atoms with Gasteiger partial charge < -0.3 is 14.8 Å². The van der Waals surface area contributed by atoms with Crippen molar-refractivity contribution in [2.45, 2.75) is 4.84 Å². The minimum absolute atomic E-state index is 0.448. The SMILES string of the molecule is CN(C)C=CC(=O)O.O=CC(Cl)Cl. The van der Waals surface area contributed by atoms with Crippen LogP contribution >= 0.6 is 23.2 Å². The Morgan fingerprint density at radius 1 is 1.46 bits per heavy atom. The molecule has 0 aromatic heterocycles. The van der Waals surface area contributed by atoms with Crippen molar-refractivity contribution < 1.29 is 14.7 Å². The predicted molar refractivity (Wildman–Crippen MR) is 52.0 cm³/mol. The Balaban J connectivity index is 0. The van der Waals surface area contributed by atoms with Crippen LogP contribution in [-0.4, -0.2) is 41.2 Å². The molecule has 0 unspecified atom stereocenters.